The lowest BCUT2D eigenvalue weighted by molar-refractivity contribution is -0.148. The van der Waals surface area contributed by atoms with Gasteiger partial charge in [-0.25, -0.2) is 19.4 Å². The zero-order valence-electron chi connectivity index (χ0n) is 16.3. The van der Waals surface area contributed by atoms with E-state index in [9.17, 15) is 19.5 Å². The maximum Gasteiger partial charge on any atom is 0.413 e. The molecule has 30 heavy (non-hydrogen) atoms. The van der Waals surface area contributed by atoms with Crippen LogP contribution in [0.5, 0.6) is 0 Å². The maximum atomic E-state index is 11.9. The van der Waals surface area contributed by atoms with E-state index in [1.807, 2.05) is 0 Å². The van der Waals surface area contributed by atoms with E-state index in [0.29, 0.717) is 5.56 Å². The number of benzene rings is 1. The van der Waals surface area contributed by atoms with Crippen molar-refractivity contribution >= 4 is 48.3 Å². The number of oxime groups is 1. The summed E-state index contributed by atoms with van der Waals surface area (Å²) in [7, 11) is 4.92. The van der Waals surface area contributed by atoms with Crippen molar-refractivity contribution in [3.05, 3.63) is 47.0 Å². The van der Waals surface area contributed by atoms with Crippen molar-refractivity contribution < 1.29 is 33.7 Å². The summed E-state index contributed by atoms with van der Waals surface area (Å²) in [4.78, 5) is 44.4. The topological polar surface area (TPSA) is 136 Å². The van der Waals surface area contributed by atoms with Gasteiger partial charge < -0.3 is 19.3 Å². The lowest BCUT2D eigenvalue weighted by Gasteiger charge is -2.18. The van der Waals surface area contributed by atoms with Crippen molar-refractivity contribution in [1.29, 1.82) is 0 Å². The van der Waals surface area contributed by atoms with Crippen LogP contribution in [0.1, 0.15) is 38.1 Å². The highest BCUT2D eigenvalue weighted by Gasteiger charge is 2.25. The highest BCUT2D eigenvalue weighted by Crippen LogP contribution is 2.21. The number of nitrogens with zero attached hydrogens (tertiary/aromatic N) is 2. The second-order valence-corrected chi connectivity index (χ2v) is 7.60. The van der Waals surface area contributed by atoms with Crippen molar-refractivity contribution in [2.45, 2.75) is 32.5 Å². The van der Waals surface area contributed by atoms with Crippen molar-refractivity contribution in [3.8, 4) is 0 Å². The maximum absolute atomic E-state index is 11.9. The zero-order valence-corrected chi connectivity index (χ0v) is 17.1. The Hall–Kier alpha value is -3.41. The fraction of sp³-hybridized carbons (Fsp3) is 0.278. The van der Waals surface area contributed by atoms with Crippen LogP contribution >= 0.6 is 11.3 Å². The molecule has 0 bridgehead atoms. The van der Waals surface area contributed by atoms with Gasteiger partial charge >= 0.3 is 26.1 Å². The van der Waals surface area contributed by atoms with Gasteiger partial charge in [-0.15, -0.1) is 11.3 Å². The van der Waals surface area contributed by atoms with Gasteiger partial charge in [0, 0.05) is 10.9 Å². The number of carbonyl (C=O) groups excluding carboxylic acids is 2. The molecule has 0 aliphatic heterocycles. The number of anilines is 1. The molecular weight excluding hydrogens is 413 g/mol. The van der Waals surface area contributed by atoms with Crippen molar-refractivity contribution in [2.24, 2.45) is 5.16 Å². The number of ether oxygens (including phenoxy) is 1. The van der Waals surface area contributed by atoms with Crippen molar-refractivity contribution in [3.63, 3.8) is 0 Å². The summed E-state index contributed by atoms with van der Waals surface area (Å²) in [6.07, 6.45) is -2.13. The van der Waals surface area contributed by atoms with Gasteiger partial charge in [-0.05, 0) is 20.8 Å². The lowest BCUT2D eigenvalue weighted by Crippen LogP contribution is -2.27. The fourth-order valence-corrected chi connectivity index (χ4v) is 2.74. The SMILES string of the molecule is [B]OC(=O)[C@@H](O/N=C(\C(=O)O)c1csc(NC(=O)OC(C)(C)C)n1)c1ccccc1. The Morgan fingerprint density at radius 1 is 1.23 bits per heavy atom. The normalized spacial score (nSPS) is 12.6. The smallest absolute Gasteiger partial charge is 0.413 e. The molecule has 2 N–H and O–H groups in total. The number of nitrogens with one attached hydrogen (secondary N) is 1. The number of rotatable bonds is 7. The molecule has 2 aromatic rings. The highest BCUT2D eigenvalue weighted by atomic mass is 32.1. The first-order valence-corrected chi connectivity index (χ1v) is 9.37. The van der Waals surface area contributed by atoms with E-state index in [1.165, 1.54) is 5.38 Å². The molecule has 0 unspecified atom stereocenters. The van der Waals surface area contributed by atoms with Crippen LogP contribution in [0.3, 0.4) is 0 Å². The summed E-state index contributed by atoms with van der Waals surface area (Å²) in [5.41, 5.74) is -1.04. The number of aromatic nitrogens is 1. The van der Waals surface area contributed by atoms with E-state index < -0.39 is 35.4 Å². The Morgan fingerprint density at radius 2 is 1.90 bits per heavy atom. The molecule has 0 aliphatic rings. The van der Waals surface area contributed by atoms with E-state index in [0.717, 1.165) is 11.3 Å². The molecule has 0 saturated carbocycles. The van der Waals surface area contributed by atoms with E-state index >= 15 is 0 Å². The molecule has 0 aliphatic carbocycles. The first kappa shape index (κ1) is 22.9. The van der Waals surface area contributed by atoms with E-state index in [2.05, 4.69) is 20.1 Å². The summed E-state index contributed by atoms with van der Waals surface area (Å²) in [5.74, 6) is -2.43. The second kappa shape index (κ2) is 9.88. The van der Waals surface area contributed by atoms with Crippen LogP contribution in [0.4, 0.5) is 9.93 Å². The molecule has 0 saturated heterocycles. The molecule has 12 heteroatoms. The molecule has 2 radical (unpaired) electrons. The van der Waals surface area contributed by atoms with Crippen LogP contribution < -0.4 is 5.32 Å². The van der Waals surface area contributed by atoms with E-state index in [4.69, 9.17) is 17.6 Å². The number of aliphatic carboxylic acids is 1. The van der Waals surface area contributed by atoms with Crippen LogP contribution in [-0.4, -0.2) is 47.5 Å². The average molecular weight is 431 g/mol. The van der Waals surface area contributed by atoms with Crippen LogP contribution in [0, 0.1) is 0 Å². The van der Waals surface area contributed by atoms with Gasteiger partial charge in [-0.2, -0.15) is 0 Å². The van der Waals surface area contributed by atoms with E-state index in [1.54, 1.807) is 51.1 Å². The van der Waals surface area contributed by atoms with Gasteiger partial charge in [0.05, 0.1) is 0 Å². The highest BCUT2D eigenvalue weighted by molar-refractivity contribution is 7.14. The third kappa shape index (κ3) is 6.59. The Kier molecular flexibility index (Phi) is 7.53. The average Bonchev–Trinajstić information content (AvgIpc) is 3.11. The van der Waals surface area contributed by atoms with Gasteiger partial charge in [0.15, 0.2) is 5.13 Å². The summed E-state index contributed by atoms with van der Waals surface area (Å²) in [6, 6.07) is 8.12. The Balaban J connectivity index is 2.22. The minimum atomic E-state index is -1.46. The second-order valence-electron chi connectivity index (χ2n) is 6.74. The minimum Gasteiger partial charge on any atom is -0.540 e. The van der Waals surface area contributed by atoms with Gasteiger partial charge in [0.25, 0.3) is 0 Å². The zero-order chi connectivity index (χ0) is 22.3. The molecule has 1 atom stereocenters. The number of hydrogen-bond donors (Lipinski definition) is 2. The predicted molar refractivity (Wildman–Crippen MR) is 108 cm³/mol. The van der Waals surface area contributed by atoms with Crippen LogP contribution in [0.25, 0.3) is 0 Å². The third-order valence-corrected chi connectivity index (χ3v) is 4.00. The summed E-state index contributed by atoms with van der Waals surface area (Å²) >= 11 is 0.957. The van der Waals surface area contributed by atoms with Crippen LogP contribution in [0.2, 0.25) is 0 Å². The largest absolute Gasteiger partial charge is 0.540 e. The summed E-state index contributed by atoms with van der Waals surface area (Å²) < 4.78 is 9.30. The molecule has 1 aromatic heterocycles. The Bertz CT molecular complexity index is 941. The molecule has 1 amide bonds. The predicted octanol–water partition coefficient (Wildman–Crippen LogP) is 2.66. The van der Waals surface area contributed by atoms with E-state index in [-0.39, 0.29) is 10.8 Å². The van der Waals surface area contributed by atoms with Gasteiger partial charge in [0.1, 0.15) is 11.3 Å². The third-order valence-electron chi connectivity index (χ3n) is 3.24. The summed E-state index contributed by atoms with van der Waals surface area (Å²) in [5, 5.41) is 16.8. The van der Waals surface area contributed by atoms with Crippen molar-refractivity contribution in [1.82, 2.24) is 4.98 Å². The quantitative estimate of drug-likeness (QED) is 0.388. The first-order valence-electron chi connectivity index (χ1n) is 8.49. The number of thiazole rings is 1. The molecule has 1 heterocycles. The van der Waals surface area contributed by atoms with Crippen LogP contribution in [-0.2, 0) is 23.8 Å². The molecular formula is C18H18BN3O7S. The van der Waals surface area contributed by atoms with Gasteiger partial charge in [-0.3, -0.25) is 5.32 Å². The molecule has 2 rings (SSSR count). The monoisotopic (exact) mass is 431 g/mol. The first-order chi connectivity index (χ1) is 14.1. The fourth-order valence-electron chi connectivity index (χ4n) is 2.06. The number of amides is 1. The number of carboxylic acids is 1. The van der Waals surface area contributed by atoms with Crippen LogP contribution in [0.15, 0.2) is 40.9 Å². The van der Waals surface area contributed by atoms with Crippen molar-refractivity contribution in [2.75, 3.05) is 5.32 Å². The molecule has 0 spiro atoms. The molecule has 0 fully saturated rings. The Morgan fingerprint density at radius 3 is 2.47 bits per heavy atom. The summed E-state index contributed by atoms with van der Waals surface area (Å²) in [6.45, 7) is 5.09. The molecule has 1 aromatic carbocycles. The number of hydrogen-bond acceptors (Lipinski definition) is 9. The van der Waals surface area contributed by atoms with Gasteiger partial charge in [0.2, 0.25) is 11.8 Å². The minimum absolute atomic E-state index is 0.0912. The number of carbonyl (C=O) groups is 3. The number of carboxylic acid groups (broad SMARTS) is 1. The lowest BCUT2D eigenvalue weighted by atomic mass is 10.1. The van der Waals surface area contributed by atoms with Gasteiger partial charge in [-0.1, -0.05) is 35.5 Å². The molecule has 10 nitrogen and oxygen atoms in total. The Labute approximate surface area is 177 Å². The molecule has 156 valence electrons. The standard InChI is InChI=1S/C18H18BN3O7S/c1-18(2,3)27-17(26)21-16-20-11(9-30-16)12(14(23)24)22-29-13(15(25)28-19)10-7-5-4-6-8-10/h4-9,13H,1-3H3,(H,23,24)(H,20,21,26)/b22-12-/t13-/m0/s1.